The van der Waals surface area contributed by atoms with Crippen LogP contribution in [0.25, 0.3) is 0 Å². The molecule has 0 saturated heterocycles. The van der Waals surface area contributed by atoms with Crippen LogP contribution >= 0.6 is 0 Å². The van der Waals surface area contributed by atoms with Crippen molar-refractivity contribution in [3.8, 4) is 0 Å². The number of aromatic nitrogens is 2. The molecule has 1 aromatic carbocycles. The summed E-state index contributed by atoms with van der Waals surface area (Å²) in [6, 6.07) is 5.82. The third-order valence-electron chi connectivity index (χ3n) is 2.86. The fourth-order valence-electron chi connectivity index (χ4n) is 1.67. The van der Waals surface area contributed by atoms with E-state index in [1.165, 1.54) is 16.7 Å². The highest BCUT2D eigenvalue weighted by molar-refractivity contribution is 5.58. The van der Waals surface area contributed by atoms with Crippen molar-refractivity contribution in [2.24, 2.45) is 0 Å². The number of nitrogens with one attached hydrogen (secondary N) is 1. The van der Waals surface area contributed by atoms with E-state index in [1.54, 1.807) is 12.3 Å². The smallest absolute Gasteiger partial charge is 0.229 e. The molecule has 0 fully saturated rings. The van der Waals surface area contributed by atoms with E-state index >= 15 is 0 Å². The lowest BCUT2D eigenvalue weighted by molar-refractivity contribution is 1.17. The van der Waals surface area contributed by atoms with E-state index in [4.69, 9.17) is 5.73 Å². The highest BCUT2D eigenvalue weighted by Crippen LogP contribution is 2.21. The van der Waals surface area contributed by atoms with Gasteiger partial charge in [0.2, 0.25) is 5.95 Å². The Labute approximate surface area is 101 Å². The normalized spacial score (nSPS) is 10.3. The second-order valence-corrected chi connectivity index (χ2v) is 4.17. The van der Waals surface area contributed by atoms with Crippen LogP contribution in [0.15, 0.2) is 24.4 Å². The number of nitrogen functional groups attached to an aromatic ring is 1. The van der Waals surface area contributed by atoms with Crippen molar-refractivity contribution in [3.63, 3.8) is 0 Å². The number of benzene rings is 1. The van der Waals surface area contributed by atoms with Gasteiger partial charge in [0.25, 0.3) is 0 Å². The number of aryl methyl sites for hydroxylation is 2. The monoisotopic (exact) mass is 228 g/mol. The van der Waals surface area contributed by atoms with Gasteiger partial charge in [0.15, 0.2) is 0 Å². The number of nitrogens with zero attached hydrogens (tertiary/aromatic N) is 2. The summed E-state index contributed by atoms with van der Waals surface area (Å²) >= 11 is 0. The van der Waals surface area contributed by atoms with Gasteiger partial charge in [-0.05, 0) is 55.7 Å². The molecule has 0 saturated carbocycles. The molecule has 88 valence electrons. The lowest BCUT2D eigenvalue weighted by atomic mass is 10.0. The summed E-state index contributed by atoms with van der Waals surface area (Å²) in [5.74, 6) is 0.982. The van der Waals surface area contributed by atoms with Gasteiger partial charge in [0.1, 0.15) is 5.82 Å². The zero-order chi connectivity index (χ0) is 12.4. The van der Waals surface area contributed by atoms with Gasteiger partial charge < -0.3 is 11.1 Å². The van der Waals surface area contributed by atoms with Gasteiger partial charge in [0, 0.05) is 11.9 Å². The molecule has 0 atom stereocenters. The number of hydrogen-bond acceptors (Lipinski definition) is 4. The Morgan fingerprint density at radius 3 is 2.35 bits per heavy atom. The highest BCUT2D eigenvalue weighted by atomic mass is 15.1. The summed E-state index contributed by atoms with van der Waals surface area (Å²) in [5, 5.41) is 3.15. The first kappa shape index (κ1) is 11.4. The summed E-state index contributed by atoms with van der Waals surface area (Å²) in [6.45, 7) is 6.30. The SMILES string of the molecule is Cc1cc(Nc2nccc(N)n2)cc(C)c1C. The molecule has 0 aliphatic carbocycles. The maximum atomic E-state index is 5.61. The minimum atomic E-state index is 0.461. The summed E-state index contributed by atoms with van der Waals surface area (Å²) in [6.07, 6.45) is 1.64. The Bertz CT molecular complexity index is 526. The quantitative estimate of drug-likeness (QED) is 0.829. The van der Waals surface area contributed by atoms with Crippen molar-refractivity contribution >= 4 is 17.5 Å². The van der Waals surface area contributed by atoms with Gasteiger partial charge in [-0.25, -0.2) is 4.98 Å². The zero-order valence-corrected chi connectivity index (χ0v) is 10.3. The number of anilines is 3. The second kappa shape index (κ2) is 4.41. The Morgan fingerprint density at radius 2 is 1.76 bits per heavy atom. The van der Waals surface area contributed by atoms with Crippen LogP contribution in [0.2, 0.25) is 0 Å². The van der Waals surface area contributed by atoms with Gasteiger partial charge in [-0.2, -0.15) is 4.98 Å². The number of nitrogens with two attached hydrogens (primary N) is 1. The second-order valence-electron chi connectivity index (χ2n) is 4.17. The predicted molar refractivity (Wildman–Crippen MR) is 70.4 cm³/mol. The van der Waals surface area contributed by atoms with E-state index in [0.717, 1.165) is 5.69 Å². The van der Waals surface area contributed by atoms with E-state index in [0.29, 0.717) is 11.8 Å². The minimum Gasteiger partial charge on any atom is -0.384 e. The summed E-state index contributed by atoms with van der Waals surface area (Å²) in [4.78, 5) is 8.22. The maximum absolute atomic E-state index is 5.61. The molecule has 1 heterocycles. The van der Waals surface area contributed by atoms with E-state index in [2.05, 4.69) is 48.2 Å². The first-order chi connectivity index (χ1) is 8.06. The summed E-state index contributed by atoms with van der Waals surface area (Å²) in [7, 11) is 0. The number of rotatable bonds is 2. The molecule has 2 aromatic rings. The van der Waals surface area contributed by atoms with Crippen LogP contribution in [0, 0.1) is 20.8 Å². The van der Waals surface area contributed by atoms with Crippen LogP contribution in [0.3, 0.4) is 0 Å². The molecular formula is C13H16N4. The van der Waals surface area contributed by atoms with E-state index < -0.39 is 0 Å². The average Bonchev–Trinajstić information content (AvgIpc) is 2.26. The van der Waals surface area contributed by atoms with Crippen LogP contribution in [0.1, 0.15) is 16.7 Å². The van der Waals surface area contributed by atoms with Gasteiger partial charge >= 0.3 is 0 Å². The molecule has 2 rings (SSSR count). The van der Waals surface area contributed by atoms with Crippen molar-refractivity contribution in [2.75, 3.05) is 11.1 Å². The molecule has 0 aliphatic rings. The lowest BCUT2D eigenvalue weighted by Crippen LogP contribution is -2.00. The van der Waals surface area contributed by atoms with Gasteiger partial charge in [-0.3, -0.25) is 0 Å². The van der Waals surface area contributed by atoms with Crippen molar-refractivity contribution in [1.29, 1.82) is 0 Å². The van der Waals surface area contributed by atoms with Crippen molar-refractivity contribution in [1.82, 2.24) is 9.97 Å². The first-order valence-electron chi connectivity index (χ1n) is 5.49. The summed E-state index contributed by atoms with van der Waals surface area (Å²) in [5.41, 5.74) is 10.4. The minimum absolute atomic E-state index is 0.461. The molecule has 3 N–H and O–H groups in total. The van der Waals surface area contributed by atoms with Gasteiger partial charge in [-0.1, -0.05) is 0 Å². The lowest BCUT2D eigenvalue weighted by Gasteiger charge is -2.10. The molecule has 4 heteroatoms. The zero-order valence-electron chi connectivity index (χ0n) is 10.3. The fraction of sp³-hybridized carbons (Fsp3) is 0.231. The van der Waals surface area contributed by atoms with Crippen molar-refractivity contribution in [3.05, 3.63) is 41.1 Å². The predicted octanol–water partition coefficient (Wildman–Crippen LogP) is 2.73. The standard InChI is InChI=1S/C13H16N4/c1-8-6-11(7-9(2)10(8)3)16-13-15-5-4-12(14)17-13/h4-7H,1-3H3,(H3,14,15,16,17). The topological polar surface area (TPSA) is 63.8 Å². The van der Waals surface area contributed by atoms with Crippen LogP contribution < -0.4 is 11.1 Å². The molecule has 0 unspecified atom stereocenters. The largest absolute Gasteiger partial charge is 0.384 e. The van der Waals surface area contributed by atoms with Crippen LogP contribution in [0.5, 0.6) is 0 Å². The molecule has 0 amide bonds. The Hall–Kier alpha value is -2.10. The van der Waals surface area contributed by atoms with Crippen LogP contribution in [-0.4, -0.2) is 9.97 Å². The van der Waals surface area contributed by atoms with Crippen molar-refractivity contribution in [2.45, 2.75) is 20.8 Å². The van der Waals surface area contributed by atoms with Gasteiger partial charge in [0.05, 0.1) is 0 Å². The molecule has 0 radical (unpaired) electrons. The average molecular weight is 228 g/mol. The van der Waals surface area contributed by atoms with Crippen molar-refractivity contribution < 1.29 is 0 Å². The molecule has 4 nitrogen and oxygen atoms in total. The molecule has 0 aliphatic heterocycles. The summed E-state index contributed by atoms with van der Waals surface area (Å²) < 4.78 is 0. The Kier molecular flexibility index (Phi) is 2.95. The third kappa shape index (κ3) is 2.53. The van der Waals surface area contributed by atoms with Gasteiger partial charge in [-0.15, -0.1) is 0 Å². The Balaban J connectivity index is 2.31. The van der Waals surface area contributed by atoms with E-state index in [1.807, 2.05) is 0 Å². The third-order valence-corrected chi connectivity index (χ3v) is 2.86. The fourth-order valence-corrected chi connectivity index (χ4v) is 1.67. The number of hydrogen-bond donors (Lipinski definition) is 2. The molecule has 17 heavy (non-hydrogen) atoms. The molecule has 1 aromatic heterocycles. The molecular weight excluding hydrogens is 212 g/mol. The maximum Gasteiger partial charge on any atom is 0.229 e. The first-order valence-corrected chi connectivity index (χ1v) is 5.49. The van der Waals surface area contributed by atoms with Crippen LogP contribution in [-0.2, 0) is 0 Å². The highest BCUT2D eigenvalue weighted by Gasteiger charge is 2.02. The molecule has 0 bridgehead atoms. The van der Waals surface area contributed by atoms with Crippen LogP contribution in [0.4, 0.5) is 17.5 Å². The van der Waals surface area contributed by atoms with E-state index in [9.17, 15) is 0 Å². The Morgan fingerprint density at radius 1 is 1.12 bits per heavy atom. The molecule has 0 spiro atoms. The van der Waals surface area contributed by atoms with E-state index in [-0.39, 0.29) is 0 Å².